The standard InChI is InChI=1S/C15H25ClN4S2/c1-18(2)7-3-6-17-15(21)20-10-8-19(9-11-20)12-13-4-5-14(16)22-13/h4-5H,3,6-12H2,1-2H3,(H,17,21). The van der Waals surface area contributed by atoms with Crippen molar-refractivity contribution in [1.29, 1.82) is 0 Å². The molecule has 2 heterocycles. The maximum Gasteiger partial charge on any atom is 0.169 e. The Bertz CT molecular complexity index is 470. The summed E-state index contributed by atoms with van der Waals surface area (Å²) in [6.07, 6.45) is 1.12. The number of rotatable bonds is 6. The van der Waals surface area contributed by atoms with Gasteiger partial charge in [-0.25, -0.2) is 0 Å². The van der Waals surface area contributed by atoms with Crippen LogP contribution in [0.4, 0.5) is 0 Å². The first-order valence-corrected chi connectivity index (χ1v) is 9.29. The fourth-order valence-electron chi connectivity index (χ4n) is 2.47. The largest absolute Gasteiger partial charge is 0.363 e. The molecule has 0 aromatic carbocycles. The molecule has 1 aliphatic rings. The molecule has 0 unspecified atom stereocenters. The summed E-state index contributed by atoms with van der Waals surface area (Å²) >= 11 is 13.2. The zero-order valence-corrected chi connectivity index (χ0v) is 15.7. The summed E-state index contributed by atoms with van der Waals surface area (Å²) in [7, 11) is 4.19. The zero-order valence-electron chi connectivity index (χ0n) is 13.3. The Hall–Kier alpha value is -0.400. The topological polar surface area (TPSA) is 21.8 Å². The van der Waals surface area contributed by atoms with Gasteiger partial charge in [0.05, 0.1) is 4.34 Å². The zero-order chi connectivity index (χ0) is 15.9. The second-order valence-electron chi connectivity index (χ2n) is 5.86. The van der Waals surface area contributed by atoms with Crippen molar-refractivity contribution in [2.24, 2.45) is 0 Å². The van der Waals surface area contributed by atoms with Crippen molar-refractivity contribution in [1.82, 2.24) is 20.0 Å². The minimum atomic E-state index is 0.872. The Kier molecular flexibility index (Phi) is 7.37. The fourth-order valence-corrected chi connectivity index (χ4v) is 3.88. The van der Waals surface area contributed by atoms with E-state index in [1.54, 1.807) is 11.3 Å². The first-order chi connectivity index (χ1) is 10.5. The van der Waals surface area contributed by atoms with Crippen LogP contribution in [0.15, 0.2) is 12.1 Å². The van der Waals surface area contributed by atoms with Crippen molar-refractivity contribution < 1.29 is 0 Å². The van der Waals surface area contributed by atoms with Gasteiger partial charge in [-0.05, 0) is 51.4 Å². The maximum absolute atomic E-state index is 5.99. The summed E-state index contributed by atoms with van der Waals surface area (Å²) < 4.78 is 0.872. The quantitative estimate of drug-likeness (QED) is 0.619. The lowest BCUT2D eigenvalue weighted by atomic mass is 10.3. The van der Waals surface area contributed by atoms with Crippen LogP contribution >= 0.6 is 35.2 Å². The number of nitrogens with zero attached hydrogens (tertiary/aromatic N) is 3. The first kappa shape index (κ1) is 17.9. The van der Waals surface area contributed by atoms with E-state index in [1.165, 1.54) is 4.88 Å². The van der Waals surface area contributed by atoms with E-state index in [2.05, 4.69) is 40.2 Å². The van der Waals surface area contributed by atoms with E-state index in [9.17, 15) is 0 Å². The Labute approximate surface area is 148 Å². The van der Waals surface area contributed by atoms with Crippen molar-refractivity contribution >= 4 is 40.3 Å². The van der Waals surface area contributed by atoms with E-state index in [-0.39, 0.29) is 0 Å². The maximum atomic E-state index is 5.99. The molecule has 0 bridgehead atoms. The van der Waals surface area contributed by atoms with Crippen LogP contribution in [0.25, 0.3) is 0 Å². The predicted octanol–water partition coefficient (Wildman–Crippen LogP) is 2.35. The third-order valence-corrected chi connectivity index (χ3v) is 5.34. The van der Waals surface area contributed by atoms with Crippen LogP contribution in [0.2, 0.25) is 4.34 Å². The molecule has 0 radical (unpaired) electrons. The smallest absolute Gasteiger partial charge is 0.169 e. The van der Waals surface area contributed by atoms with Crippen LogP contribution in [-0.4, -0.2) is 73.2 Å². The minimum absolute atomic E-state index is 0.872. The molecule has 0 amide bonds. The van der Waals surface area contributed by atoms with Gasteiger partial charge in [-0.2, -0.15) is 0 Å². The molecule has 1 N–H and O–H groups in total. The molecule has 1 aromatic rings. The van der Waals surface area contributed by atoms with E-state index in [4.69, 9.17) is 23.8 Å². The van der Waals surface area contributed by atoms with Crippen LogP contribution in [0, 0.1) is 0 Å². The highest BCUT2D eigenvalue weighted by Crippen LogP contribution is 2.23. The molecule has 0 aliphatic carbocycles. The van der Waals surface area contributed by atoms with Gasteiger partial charge in [0.15, 0.2) is 5.11 Å². The van der Waals surface area contributed by atoms with Crippen LogP contribution in [-0.2, 0) is 6.54 Å². The molecule has 2 rings (SSSR count). The minimum Gasteiger partial charge on any atom is -0.363 e. The van der Waals surface area contributed by atoms with Gasteiger partial charge in [-0.3, -0.25) is 4.90 Å². The van der Waals surface area contributed by atoms with Crippen LogP contribution in [0.1, 0.15) is 11.3 Å². The average molecular weight is 361 g/mol. The van der Waals surface area contributed by atoms with Gasteiger partial charge in [-0.15, -0.1) is 11.3 Å². The first-order valence-electron chi connectivity index (χ1n) is 7.68. The van der Waals surface area contributed by atoms with Crippen molar-refractivity contribution in [2.75, 3.05) is 53.4 Å². The highest BCUT2D eigenvalue weighted by Gasteiger charge is 2.19. The predicted molar refractivity (Wildman–Crippen MR) is 100.0 cm³/mol. The molecule has 1 aliphatic heterocycles. The van der Waals surface area contributed by atoms with Gasteiger partial charge in [0, 0.05) is 44.1 Å². The molecule has 0 atom stereocenters. The molecule has 0 saturated carbocycles. The number of hydrogen-bond donors (Lipinski definition) is 1. The van der Waals surface area contributed by atoms with Crippen molar-refractivity contribution in [2.45, 2.75) is 13.0 Å². The lowest BCUT2D eigenvalue weighted by molar-refractivity contribution is 0.176. The molecule has 1 aromatic heterocycles. The van der Waals surface area contributed by atoms with E-state index >= 15 is 0 Å². The normalized spacial score (nSPS) is 16.3. The summed E-state index contributed by atoms with van der Waals surface area (Å²) in [6.45, 7) is 7.13. The van der Waals surface area contributed by atoms with Gasteiger partial charge in [0.1, 0.15) is 0 Å². The number of piperazine rings is 1. The summed E-state index contributed by atoms with van der Waals surface area (Å²) in [4.78, 5) is 8.28. The van der Waals surface area contributed by atoms with E-state index in [0.717, 1.165) is 61.7 Å². The summed E-state index contributed by atoms with van der Waals surface area (Å²) in [5, 5.41) is 4.27. The summed E-state index contributed by atoms with van der Waals surface area (Å²) in [5.74, 6) is 0. The number of hydrogen-bond acceptors (Lipinski definition) is 4. The number of thiophene rings is 1. The number of thiocarbonyl (C=S) groups is 1. The van der Waals surface area contributed by atoms with Crippen LogP contribution < -0.4 is 5.32 Å². The molecule has 0 spiro atoms. The highest BCUT2D eigenvalue weighted by molar-refractivity contribution is 7.80. The van der Waals surface area contributed by atoms with E-state index in [1.807, 2.05) is 6.07 Å². The van der Waals surface area contributed by atoms with E-state index in [0.29, 0.717) is 0 Å². The molecular weight excluding hydrogens is 336 g/mol. The Balaban J connectivity index is 1.64. The monoisotopic (exact) mass is 360 g/mol. The lowest BCUT2D eigenvalue weighted by Crippen LogP contribution is -2.51. The van der Waals surface area contributed by atoms with Gasteiger partial charge in [-0.1, -0.05) is 11.6 Å². The molecule has 1 saturated heterocycles. The number of halogens is 1. The molecule has 1 fully saturated rings. The van der Waals surface area contributed by atoms with Crippen molar-refractivity contribution in [3.05, 3.63) is 21.3 Å². The summed E-state index contributed by atoms with van der Waals surface area (Å²) in [5.41, 5.74) is 0. The second kappa shape index (κ2) is 9.03. The van der Waals surface area contributed by atoms with Gasteiger partial charge in [0.2, 0.25) is 0 Å². The van der Waals surface area contributed by atoms with Gasteiger partial charge < -0.3 is 15.1 Å². The van der Waals surface area contributed by atoms with Crippen LogP contribution in [0.5, 0.6) is 0 Å². The van der Waals surface area contributed by atoms with E-state index < -0.39 is 0 Å². The Morgan fingerprint density at radius 2 is 2.05 bits per heavy atom. The second-order valence-corrected chi connectivity index (χ2v) is 8.04. The van der Waals surface area contributed by atoms with Crippen LogP contribution in [0.3, 0.4) is 0 Å². The molecule has 4 nitrogen and oxygen atoms in total. The molecule has 22 heavy (non-hydrogen) atoms. The van der Waals surface area contributed by atoms with Crippen molar-refractivity contribution in [3.63, 3.8) is 0 Å². The summed E-state index contributed by atoms with van der Waals surface area (Å²) in [6, 6.07) is 4.10. The number of nitrogens with one attached hydrogen (secondary N) is 1. The third-order valence-electron chi connectivity index (χ3n) is 3.73. The average Bonchev–Trinajstić information content (AvgIpc) is 2.89. The molecular formula is C15H25ClN4S2. The molecule has 124 valence electrons. The highest BCUT2D eigenvalue weighted by atomic mass is 35.5. The van der Waals surface area contributed by atoms with Gasteiger partial charge in [0.25, 0.3) is 0 Å². The lowest BCUT2D eigenvalue weighted by Gasteiger charge is -2.36. The van der Waals surface area contributed by atoms with Crippen molar-refractivity contribution in [3.8, 4) is 0 Å². The fraction of sp³-hybridized carbons (Fsp3) is 0.667. The molecule has 7 heteroatoms. The SMILES string of the molecule is CN(C)CCCNC(=S)N1CCN(Cc2ccc(Cl)s2)CC1. The third kappa shape index (κ3) is 6.01. The Morgan fingerprint density at radius 1 is 1.32 bits per heavy atom. The Morgan fingerprint density at radius 3 is 2.64 bits per heavy atom. The van der Waals surface area contributed by atoms with Gasteiger partial charge >= 0.3 is 0 Å².